The Morgan fingerprint density at radius 2 is 1.84 bits per heavy atom. The van der Waals surface area contributed by atoms with Crippen LogP contribution in [-0.2, 0) is 4.79 Å². The van der Waals surface area contributed by atoms with Crippen molar-refractivity contribution in [1.29, 1.82) is 0 Å². The summed E-state index contributed by atoms with van der Waals surface area (Å²) < 4.78 is 0. The van der Waals surface area contributed by atoms with Crippen LogP contribution in [0.15, 0.2) is 58.6 Å². The van der Waals surface area contributed by atoms with Gasteiger partial charge in [0.05, 0.1) is 5.69 Å². The number of hydrogen-bond acceptors (Lipinski definition) is 4. The molecule has 166 valence electrons. The second-order valence-corrected chi connectivity index (χ2v) is 8.83. The number of piperazine rings is 1. The highest BCUT2D eigenvalue weighted by atomic mass is 16.2. The van der Waals surface area contributed by atoms with Crippen molar-refractivity contribution in [3.8, 4) is 0 Å². The predicted molar refractivity (Wildman–Crippen MR) is 128 cm³/mol. The van der Waals surface area contributed by atoms with E-state index in [1.54, 1.807) is 6.92 Å². The van der Waals surface area contributed by atoms with Gasteiger partial charge in [0.25, 0.3) is 0 Å². The molecule has 3 aliphatic rings. The van der Waals surface area contributed by atoms with E-state index in [9.17, 15) is 4.79 Å². The van der Waals surface area contributed by atoms with Crippen molar-refractivity contribution in [2.45, 2.75) is 47.0 Å². The van der Waals surface area contributed by atoms with Crippen LogP contribution in [0.5, 0.6) is 0 Å². The Kier molecular flexibility index (Phi) is 6.51. The molecule has 3 aliphatic heterocycles. The van der Waals surface area contributed by atoms with Gasteiger partial charge in [-0.05, 0) is 56.0 Å². The number of benzene rings is 1. The highest BCUT2D eigenvalue weighted by molar-refractivity contribution is 5.74. The lowest BCUT2D eigenvalue weighted by Crippen LogP contribution is -2.52. The van der Waals surface area contributed by atoms with Gasteiger partial charge in [0.2, 0.25) is 5.91 Å². The molecule has 1 N–H and O–H groups in total. The molecule has 31 heavy (non-hydrogen) atoms. The zero-order valence-electron chi connectivity index (χ0n) is 19.5. The molecule has 0 aromatic heterocycles. The molecule has 0 unspecified atom stereocenters. The number of nitrogens with zero attached hydrogens (tertiary/aromatic N) is 3. The van der Waals surface area contributed by atoms with Gasteiger partial charge in [0.15, 0.2) is 0 Å². The number of fused-ring (bicyclic) bond motifs is 1. The minimum atomic E-state index is 0.177. The third kappa shape index (κ3) is 4.16. The SMILES string of the molecule is CCC/C=C1\C(C)=C2CCNCC2=C(N2CCN(C(C)=O)CC2)N1c1ccccc1C. The number of para-hydroxylation sites is 1. The van der Waals surface area contributed by atoms with Crippen LogP contribution in [0, 0.1) is 6.92 Å². The zero-order chi connectivity index (χ0) is 22.0. The minimum absolute atomic E-state index is 0.177. The van der Waals surface area contributed by atoms with Crippen LogP contribution >= 0.6 is 0 Å². The first-order valence-corrected chi connectivity index (χ1v) is 11.7. The van der Waals surface area contributed by atoms with E-state index >= 15 is 0 Å². The third-order valence-electron chi connectivity index (χ3n) is 6.78. The number of carbonyl (C=O) groups excluding carboxylic acids is 1. The molecule has 0 aliphatic carbocycles. The summed E-state index contributed by atoms with van der Waals surface area (Å²) in [4.78, 5) is 18.9. The Bertz CT molecular complexity index is 934. The van der Waals surface area contributed by atoms with E-state index in [1.807, 2.05) is 4.90 Å². The molecule has 0 bridgehead atoms. The van der Waals surface area contributed by atoms with Crippen molar-refractivity contribution < 1.29 is 4.79 Å². The first-order chi connectivity index (χ1) is 15.0. The van der Waals surface area contributed by atoms with Crippen LogP contribution in [-0.4, -0.2) is 55.0 Å². The van der Waals surface area contributed by atoms with Gasteiger partial charge < -0.3 is 15.1 Å². The van der Waals surface area contributed by atoms with Crippen molar-refractivity contribution in [2.75, 3.05) is 44.2 Å². The number of allylic oxidation sites excluding steroid dienone is 2. The molecule has 2 saturated heterocycles. The van der Waals surface area contributed by atoms with E-state index in [1.165, 1.54) is 39.5 Å². The van der Waals surface area contributed by atoms with Crippen LogP contribution in [0.4, 0.5) is 5.69 Å². The molecule has 1 amide bonds. The Balaban J connectivity index is 1.85. The summed E-state index contributed by atoms with van der Waals surface area (Å²) >= 11 is 0. The van der Waals surface area contributed by atoms with Crippen LogP contribution in [0.2, 0.25) is 0 Å². The summed E-state index contributed by atoms with van der Waals surface area (Å²) in [5.74, 6) is 1.49. The van der Waals surface area contributed by atoms with Gasteiger partial charge in [-0.2, -0.15) is 0 Å². The van der Waals surface area contributed by atoms with Gasteiger partial charge in [0.1, 0.15) is 5.82 Å². The number of hydrogen-bond donors (Lipinski definition) is 1. The van der Waals surface area contributed by atoms with Gasteiger partial charge in [0, 0.05) is 50.9 Å². The standard InChI is InChI=1S/C26H36N4O/c1-5-6-10-25-20(3)22-12-13-27-18-23(22)26(29-16-14-28(15-17-29)21(4)31)30(25)24-11-8-7-9-19(24)2/h7-11,27H,5-6,12-18H2,1-4H3/b25-10+. The fourth-order valence-electron chi connectivity index (χ4n) is 5.03. The molecular formula is C26H36N4O. The van der Waals surface area contributed by atoms with E-state index in [4.69, 9.17) is 0 Å². The van der Waals surface area contributed by atoms with E-state index in [2.05, 4.69) is 66.2 Å². The van der Waals surface area contributed by atoms with Crippen LogP contribution < -0.4 is 10.2 Å². The van der Waals surface area contributed by atoms with Gasteiger partial charge in [-0.25, -0.2) is 0 Å². The summed E-state index contributed by atoms with van der Waals surface area (Å²) in [5.41, 5.74) is 8.22. The highest BCUT2D eigenvalue weighted by Crippen LogP contribution is 2.42. The van der Waals surface area contributed by atoms with E-state index in [0.29, 0.717) is 0 Å². The Morgan fingerprint density at radius 3 is 2.52 bits per heavy atom. The van der Waals surface area contributed by atoms with Gasteiger partial charge in [-0.15, -0.1) is 0 Å². The second-order valence-electron chi connectivity index (χ2n) is 8.83. The number of carbonyl (C=O) groups is 1. The Hall–Kier alpha value is -2.53. The normalized spacial score (nSPS) is 21.2. The molecule has 0 radical (unpaired) electrons. The minimum Gasteiger partial charge on any atom is -0.354 e. The van der Waals surface area contributed by atoms with Gasteiger partial charge >= 0.3 is 0 Å². The lowest BCUT2D eigenvalue weighted by atomic mass is 9.87. The number of rotatable bonds is 4. The molecule has 5 nitrogen and oxygen atoms in total. The van der Waals surface area contributed by atoms with Crippen molar-refractivity contribution >= 4 is 11.6 Å². The predicted octanol–water partition coefficient (Wildman–Crippen LogP) is 4.18. The monoisotopic (exact) mass is 420 g/mol. The average Bonchev–Trinajstić information content (AvgIpc) is 2.79. The molecule has 5 heteroatoms. The maximum Gasteiger partial charge on any atom is 0.219 e. The smallest absolute Gasteiger partial charge is 0.219 e. The summed E-state index contributed by atoms with van der Waals surface area (Å²) in [6, 6.07) is 8.71. The second kappa shape index (κ2) is 9.31. The molecule has 4 rings (SSSR count). The maximum atomic E-state index is 11.9. The fraction of sp³-hybridized carbons (Fsp3) is 0.500. The average molecular weight is 421 g/mol. The largest absolute Gasteiger partial charge is 0.354 e. The van der Waals surface area contributed by atoms with Crippen LogP contribution in [0.1, 0.15) is 45.6 Å². The molecule has 2 fully saturated rings. The Labute approximate surface area is 187 Å². The lowest BCUT2D eigenvalue weighted by molar-refractivity contribution is -0.130. The van der Waals surface area contributed by atoms with Crippen molar-refractivity contribution in [3.05, 3.63) is 64.1 Å². The molecule has 0 saturated carbocycles. The van der Waals surface area contributed by atoms with Crippen LogP contribution in [0.3, 0.4) is 0 Å². The number of nitrogens with one attached hydrogen (secondary N) is 1. The molecule has 1 aromatic rings. The third-order valence-corrected chi connectivity index (χ3v) is 6.78. The summed E-state index contributed by atoms with van der Waals surface area (Å²) in [7, 11) is 0. The molecule has 0 atom stereocenters. The van der Waals surface area contributed by atoms with E-state index in [-0.39, 0.29) is 5.91 Å². The number of piperidine rings is 1. The van der Waals surface area contributed by atoms with Gasteiger partial charge in [-0.1, -0.05) is 37.6 Å². The number of aryl methyl sites for hydroxylation is 1. The number of anilines is 1. The molecule has 0 spiro atoms. The Morgan fingerprint density at radius 1 is 1.10 bits per heavy atom. The quantitative estimate of drug-likeness (QED) is 0.793. The van der Waals surface area contributed by atoms with Crippen molar-refractivity contribution in [2.24, 2.45) is 0 Å². The summed E-state index contributed by atoms with van der Waals surface area (Å²) in [6.07, 6.45) is 5.71. The lowest BCUT2D eigenvalue weighted by Gasteiger charge is -2.47. The first-order valence-electron chi connectivity index (χ1n) is 11.7. The maximum absolute atomic E-state index is 11.9. The zero-order valence-corrected chi connectivity index (χ0v) is 19.5. The number of amides is 1. The first kappa shape index (κ1) is 21.7. The summed E-state index contributed by atoms with van der Waals surface area (Å²) in [6.45, 7) is 13.7. The molecule has 1 aromatic carbocycles. The molecular weight excluding hydrogens is 384 g/mol. The topological polar surface area (TPSA) is 38.8 Å². The van der Waals surface area contributed by atoms with Crippen molar-refractivity contribution in [1.82, 2.24) is 15.1 Å². The number of unbranched alkanes of at least 4 members (excludes halogenated alkanes) is 1. The van der Waals surface area contributed by atoms with E-state index in [0.717, 1.165) is 58.5 Å². The van der Waals surface area contributed by atoms with Crippen LogP contribution in [0.25, 0.3) is 0 Å². The fourth-order valence-corrected chi connectivity index (χ4v) is 5.03. The van der Waals surface area contributed by atoms with E-state index < -0.39 is 0 Å². The van der Waals surface area contributed by atoms with Crippen molar-refractivity contribution in [3.63, 3.8) is 0 Å². The van der Waals surface area contributed by atoms with Gasteiger partial charge in [-0.3, -0.25) is 9.69 Å². The highest BCUT2D eigenvalue weighted by Gasteiger charge is 2.35. The molecule has 3 heterocycles. The summed E-state index contributed by atoms with van der Waals surface area (Å²) in [5, 5.41) is 3.62.